The Kier molecular flexibility index (Phi) is 7.86. The Labute approximate surface area is 280 Å². The van der Waals surface area contributed by atoms with Gasteiger partial charge < -0.3 is 38.3 Å². The molecule has 0 amide bonds. The molecular weight excluding hydrogens is 624 g/mol. The third-order valence-electron chi connectivity index (χ3n) is 12.8. The molecule has 48 heavy (non-hydrogen) atoms. The molecule has 12 nitrogen and oxygen atoms in total. The average molecular weight is 673 g/mol. The molecule has 4 fully saturated rings. The summed E-state index contributed by atoms with van der Waals surface area (Å²) in [4.78, 5) is 53.8. The van der Waals surface area contributed by atoms with Crippen molar-refractivity contribution in [3.05, 3.63) is 35.8 Å². The van der Waals surface area contributed by atoms with Crippen molar-refractivity contribution in [2.45, 2.75) is 116 Å². The van der Waals surface area contributed by atoms with Crippen LogP contribution in [0.5, 0.6) is 0 Å². The van der Waals surface area contributed by atoms with E-state index < -0.39 is 99.1 Å². The van der Waals surface area contributed by atoms with Crippen LogP contribution in [0.25, 0.3) is 0 Å². The Bertz CT molecular complexity index is 1550. The van der Waals surface area contributed by atoms with E-state index in [1.807, 2.05) is 13.8 Å². The summed E-state index contributed by atoms with van der Waals surface area (Å²) in [6.45, 7) is 14.0. The van der Waals surface area contributed by atoms with Crippen molar-refractivity contribution in [3.63, 3.8) is 0 Å². The van der Waals surface area contributed by atoms with Crippen LogP contribution in [0.2, 0.25) is 0 Å². The van der Waals surface area contributed by atoms with Crippen LogP contribution in [0.15, 0.2) is 34.7 Å². The highest BCUT2D eigenvalue weighted by Crippen LogP contribution is 2.82. The lowest BCUT2D eigenvalue weighted by molar-refractivity contribution is -0.386. The van der Waals surface area contributed by atoms with Crippen molar-refractivity contribution in [1.29, 1.82) is 0 Å². The number of fused-ring (bicyclic) bond motifs is 2. The Morgan fingerprint density at radius 2 is 1.71 bits per heavy atom. The molecule has 1 spiro atoms. The maximum absolute atomic E-state index is 13.6. The SMILES string of the molecule is CC[C@H](C)C(=O)O[C@H]1C(C)(C)[C@H](CC(=O)OC)[C@@]2(C)[C@H]3CC[C@]4(C)C(=CC(=O)O[C@H]4c4ccoc4)[C@]34O[C@@]2(O)[C@@]1(O)[C@H]4OC(=O)C(C)C. The number of hydrogen-bond donors (Lipinski definition) is 2. The molecule has 12 heteroatoms. The van der Waals surface area contributed by atoms with Crippen molar-refractivity contribution >= 4 is 23.9 Å². The third kappa shape index (κ3) is 4.05. The fourth-order valence-electron chi connectivity index (χ4n) is 10.2. The van der Waals surface area contributed by atoms with Crippen LogP contribution in [0, 0.1) is 39.9 Å². The van der Waals surface area contributed by atoms with Gasteiger partial charge in [0.25, 0.3) is 0 Å². The minimum Gasteiger partial charge on any atom is -0.472 e. The number of rotatable bonds is 8. The summed E-state index contributed by atoms with van der Waals surface area (Å²) in [5.74, 6) is -7.76. The van der Waals surface area contributed by atoms with E-state index in [2.05, 4.69) is 0 Å². The average Bonchev–Trinajstić information content (AvgIpc) is 3.68. The smallest absolute Gasteiger partial charge is 0.331 e. The van der Waals surface area contributed by atoms with Gasteiger partial charge in [0.1, 0.15) is 17.8 Å². The van der Waals surface area contributed by atoms with Gasteiger partial charge in [0.2, 0.25) is 5.79 Å². The van der Waals surface area contributed by atoms with E-state index in [0.717, 1.165) is 0 Å². The van der Waals surface area contributed by atoms with E-state index in [9.17, 15) is 29.4 Å². The van der Waals surface area contributed by atoms with Gasteiger partial charge in [-0.15, -0.1) is 0 Å². The number of methoxy groups -OCH3 is 1. The summed E-state index contributed by atoms with van der Waals surface area (Å²) in [6, 6.07) is 1.70. The van der Waals surface area contributed by atoms with Gasteiger partial charge >= 0.3 is 23.9 Å². The standard InChI is InChI=1S/C36H48O12/c1-10-19(4)28(40)47-29-31(5,6)22(15-24(37)43-9)33(8)21-11-13-32(7)23(16-25(38)45-26(32)20-12-14-44-17-20)34(21)30(46-27(39)18(2)3)35(29,41)36(33,42)48-34/h12,14,16-19,21-22,26,29-30,41-42H,10-11,13,15H2,1-9H3/t19-,21+,22-,26-,29-,30-,32+,33+,34+,35-,36+/m0/s1. The van der Waals surface area contributed by atoms with Crippen molar-refractivity contribution in [3.8, 4) is 0 Å². The zero-order valence-corrected chi connectivity index (χ0v) is 29.2. The van der Waals surface area contributed by atoms with Crippen molar-refractivity contribution in [2.75, 3.05) is 7.11 Å². The number of ether oxygens (including phenoxy) is 5. The lowest BCUT2D eigenvalue weighted by Gasteiger charge is -2.69. The normalized spacial score (nSPS) is 42.6. The monoisotopic (exact) mass is 672 g/mol. The molecule has 11 atom stereocenters. The summed E-state index contributed by atoms with van der Waals surface area (Å²) >= 11 is 0. The van der Waals surface area contributed by atoms with E-state index in [4.69, 9.17) is 28.1 Å². The minimum atomic E-state index is -2.55. The first-order valence-electron chi connectivity index (χ1n) is 16.9. The lowest BCUT2D eigenvalue weighted by atomic mass is 9.36. The molecule has 264 valence electrons. The summed E-state index contributed by atoms with van der Waals surface area (Å²) in [5, 5.41) is 26.5. The number of furan rings is 1. The second-order valence-electron chi connectivity index (χ2n) is 15.8. The predicted molar refractivity (Wildman–Crippen MR) is 166 cm³/mol. The summed E-state index contributed by atoms with van der Waals surface area (Å²) < 4.78 is 35.8. The highest BCUT2D eigenvalue weighted by atomic mass is 16.7. The summed E-state index contributed by atoms with van der Waals surface area (Å²) in [6.07, 6.45) is 1.37. The molecule has 1 aromatic rings. The van der Waals surface area contributed by atoms with Gasteiger partial charge in [0.15, 0.2) is 11.7 Å². The van der Waals surface area contributed by atoms with Gasteiger partial charge in [0, 0.05) is 40.2 Å². The van der Waals surface area contributed by atoms with Crippen LogP contribution < -0.4 is 0 Å². The molecule has 0 aromatic carbocycles. The van der Waals surface area contributed by atoms with Gasteiger partial charge in [0.05, 0.1) is 31.5 Å². The van der Waals surface area contributed by atoms with Crippen LogP contribution in [0.3, 0.4) is 0 Å². The van der Waals surface area contributed by atoms with Crippen molar-refractivity contribution in [2.24, 2.45) is 39.9 Å². The van der Waals surface area contributed by atoms with Crippen LogP contribution in [-0.4, -0.2) is 70.4 Å². The maximum atomic E-state index is 13.6. The van der Waals surface area contributed by atoms with E-state index >= 15 is 0 Å². The first-order valence-corrected chi connectivity index (χ1v) is 16.9. The highest BCUT2D eigenvalue weighted by molar-refractivity contribution is 5.86. The van der Waals surface area contributed by atoms with Crippen LogP contribution >= 0.6 is 0 Å². The molecule has 2 saturated carbocycles. The molecular formula is C36H48O12. The Balaban J connectivity index is 1.66. The summed E-state index contributed by atoms with van der Waals surface area (Å²) in [7, 11) is 1.27. The number of hydrogen-bond acceptors (Lipinski definition) is 12. The predicted octanol–water partition coefficient (Wildman–Crippen LogP) is 4.17. The molecule has 2 bridgehead atoms. The molecule has 4 heterocycles. The van der Waals surface area contributed by atoms with E-state index in [0.29, 0.717) is 30.4 Å². The molecule has 6 rings (SSSR count). The largest absolute Gasteiger partial charge is 0.472 e. The zero-order chi connectivity index (χ0) is 35.4. The van der Waals surface area contributed by atoms with Gasteiger partial charge in [-0.1, -0.05) is 55.4 Å². The minimum absolute atomic E-state index is 0.196. The number of esters is 4. The zero-order valence-electron chi connectivity index (χ0n) is 29.2. The molecule has 5 aliphatic rings. The molecule has 1 aromatic heterocycles. The lowest BCUT2D eigenvalue weighted by Crippen LogP contribution is -2.84. The number of carbonyl (C=O) groups excluding carboxylic acids is 4. The Hall–Kier alpha value is -3.22. The van der Waals surface area contributed by atoms with E-state index in [-0.39, 0.29) is 6.42 Å². The fourth-order valence-corrected chi connectivity index (χ4v) is 10.2. The van der Waals surface area contributed by atoms with Gasteiger partial charge in [-0.3, -0.25) is 14.4 Å². The van der Waals surface area contributed by atoms with Gasteiger partial charge in [-0.05, 0) is 36.8 Å². The second kappa shape index (κ2) is 10.9. The summed E-state index contributed by atoms with van der Waals surface area (Å²) in [5.41, 5.74) is -6.93. The molecule has 3 aliphatic heterocycles. The van der Waals surface area contributed by atoms with Gasteiger partial charge in [-0.2, -0.15) is 0 Å². The highest BCUT2D eigenvalue weighted by Gasteiger charge is 2.96. The Morgan fingerprint density at radius 3 is 2.29 bits per heavy atom. The van der Waals surface area contributed by atoms with Crippen LogP contribution in [0.1, 0.15) is 92.7 Å². The number of cyclic esters (lactones) is 1. The molecule has 0 radical (unpaired) electrons. The topological polar surface area (TPSA) is 168 Å². The van der Waals surface area contributed by atoms with Crippen LogP contribution in [-0.2, 0) is 42.9 Å². The quantitative estimate of drug-likeness (QED) is 0.299. The molecule has 2 N–H and O–H groups in total. The first kappa shape index (κ1) is 34.6. The van der Waals surface area contributed by atoms with Gasteiger partial charge in [-0.25, -0.2) is 4.79 Å². The first-order chi connectivity index (χ1) is 22.3. The third-order valence-corrected chi connectivity index (χ3v) is 12.8. The molecule has 0 unspecified atom stereocenters. The van der Waals surface area contributed by atoms with Crippen molar-refractivity contribution in [1.82, 2.24) is 0 Å². The maximum Gasteiger partial charge on any atom is 0.331 e. The Morgan fingerprint density at radius 1 is 1.04 bits per heavy atom. The fraction of sp³-hybridized carbons (Fsp3) is 0.722. The molecule has 2 aliphatic carbocycles. The number of carbonyl (C=O) groups is 4. The van der Waals surface area contributed by atoms with E-state index in [1.54, 1.807) is 47.6 Å². The number of aliphatic hydroxyl groups is 2. The van der Waals surface area contributed by atoms with E-state index in [1.165, 1.54) is 25.7 Å². The second-order valence-corrected chi connectivity index (χ2v) is 15.8. The molecule has 2 saturated heterocycles. The van der Waals surface area contributed by atoms with Crippen molar-refractivity contribution < 1.29 is 57.5 Å². The van der Waals surface area contributed by atoms with Crippen LogP contribution in [0.4, 0.5) is 0 Å².